The number of hydrogen-bond donors (Lipinski definition) is 0. The average molecular weight is 623 g/mol. The second kappa shape index (κ2) is 10.8. The molecule has 0 saturated heterocycles. The van der Waals surface area contributed by atoms with Gasteiger partial charge in [0.15, 0.2) is 0 Å². The van der Waals surface area contributed by atoms with Gasteiger partial charge in [0.25, 0.3) is 0 Å². The molecule has 0 fully saturated rings. The zero-order valence-corrected chi connectivity index (χ0v) is 26.7. The van der Waals surface area contributed by atoms with Crippen molar-refractivity contribution in [2.45, 2.75) is 5.41 Å². The summed E-state index contributed by atoms with van der Waals surface area (Å²) in [7, 11) is 0. The van der Waals surface area contributed by atoms with Gasteiger partial charge in [-0.3, -0.25) is 4.98 Å². The molecule has 0 radical (unpaired) electrons. The summed E-state index contributed by atoms with van der Waals surface area (Å²) < 4.78 is 0. The van der Waals surface area contributed by atoms with E-state index in [9.17, 15) is 0 Å². The number of hydrogen-bond acceptors (Lipinski definition) is 2. The molecule has 2 heterocycles. The van der Waals surface area contributed by atoms with Crippen LogP contribution in [0.5, 0.6) is 0 Å². The largest absolute Gasteiger partial charge is 0.254 e. The lowest BCUT2D eigenvalue weighted by atomic mass is 9.67. The topological polar surface area (TPSA) is 25.8 Å². The molecule has 9 aromatic rings. The lowest BCUT2D eigenvalue weighted by Crippen LogP contribution is -2.28. The number of rotatable bonds is 4. The number of aromatic nitrogens is 2. The first-order valence-corrected chi connectivity index (χ1v) is 16.8. The SMILES string of the molecule is c1ccc(C2(c3ccccc3)c3ccccc3-c3cc(-c4ccc5ccc6cccnc6c5n4)c(-c4ccc5ccccc5c4)cc32)cc1. The molecule has 2 heteroatoms. The Morgan fingerprint density at radius 2 is 1.00 bits per heavy atom. The Hall–Kier alpha value is -6.38. The third-order valence-electron chi connectivity index (χ3n) is 10.4. The monoisotopic (exact) mass is 622 g/mol. The molecule has 228 valence electrons. The lowest BCUT2D eigenvalue weighted by molar-refractivity contribution is 0.769. The highest BCUT2D eigenvalue weighted by molar-refractivity contribution is 6.04. The van der Waals surface area contributed by atoms with Gasteiger partial charge < -0.3 is 0 Å². The summed E-state index contributed by atoms with van der Waals surface area (Å²) in [6, 6.07) is 64.0. The van der Waals surface area contributed by atoms with Crippen molar-refractivity contribution in [1.82, 2.24) is 9.97 Å². The van der Waals surface area contributed by atoms with Gasteiger partial charge in [-0.15, -0.1) is 0 Å². The van der Waals surface area contributed by atoms with Gasteiger partial charge in [-0.1, -0.05) is 146 Å². The fourth-order valence-electron chi connectivity index (χ4n) is 8.17. The summed E-state index contributed by atoms with van der Waals surface area (Å²) in [5.74, 6) is 0. The zero-order chi connectivity index (χ0) is 32.4. The minimum atomic E-state index is -0.491. The zero-order valence-electron chi connectivity index (χ0n) is 26.7. The van der Waals surface area contributed by atoms with Gasteiger partial charge in [-0.05, 0) is 85.6 Å². The Morgan fingerprint density at radius 3 is 1.80 bits per heavy atom. The fourth-order valence-corrected chi connectivity index (χ4v) is 8.17. The van der Waals surface area contributed by atoms with Crippen LogP contribution in [-0.4, -0.2) is 9.97 Å². The fraction of sp³-hybridized carbons (Fsp3) is 0.0213. The number of pyridine rings is 2. The van der Waals surface area contributed by atoms with Crippen LogP contribution < -0.4 is 0 Å². The van der Waals surface area contributed by atoms with Crippen LogP contribution in [-0.2, 0) is 5.41 Å². The Morgan fingerprint density at radius 1 is 0.367 bits per heavy atom. The molecule has 1 aliphatic carbocycles. The number of nitrogens with zero attached hydrogens (tertiary/aromatic N) is 2. The van der Waals surface area contributed by atoms with E-state index in [0.29, 0.717) is 0 Å². The molecule has 0 atom stereocenters. The van der Waals surface area contributed by atoms with Crippen molar-refractivity contribution in [3.63, 3.8) is 0 Å². The van der Waals surface area contributed by atoms with E-state index < -0.39 is 5.41 Å². The van der Waals surface area contributed by atoms with Crippen LogP contribution in [0, 0.1) is 0 Å². The molecular weight excluding hydrogens is 593 g/mol. The van der Waals surface area contributed by atoms with Crippen molar-refractivity contribution in [1.29, 1.82) is 0 Å². The molecule has 10 rings (SSSR count). The summed E-state index contributed by atoms with van der Waals surface area (Å²) in [5, 5.41) is 4.62. The average Bonchev–Trinajstić information content (AvgIpc) is 3.48. The van der Waals surface area contributed by atoms with E-state index in [1.165, 1.54) is 49.7 Å². The Labute approximate surface area is 285 Å². The van der Waals surface area contributed by atoms with E-state index in [1.54, 1.807) is 0 Å². The molecule has 1 aliphatic rings. The highest BCUT2D eigenvalue weighted by atomic mass is 14.8. The molecule has 0 saturated carbocycles. The summed E-state index contributed by atoms with van der Waals surface area (Å²) >= 11 is 0. The molecule has 0 bridgehead atoms. The van der Waals surface area contributed by atoms with Crippen LogP contribution in [0.15, 0.2) is 182 Å². The van der Waals surface area contributed by atoms with Gasteiger partial charge in [0.05, 0.1) is 22.1 Å². The molecule has 2 nitrogen and oxygen atoms in total. The predicted molar refractivity (Wildman–Crippen MR) is 203 cm³/mol. The highest BCUT2D eigenvalue weighted by Crippen LogP contribution is 2.58. The van der Waals surface area contributed by atoms with E-state index in [4.69, 9.17) is 9.97 Å². The standard InChI is InChI=1S/C47H30N2/c1-3-15-36(16-4-1)47(37-17-5-2-6-18-37)42-20-10-9-19-38(42)40-29-41(39(30-43(40)47)35-24-21-31-12-7-8-13-34(31)28-35)44-26-25-33-23-22-32-14-11-27-48-45(32)46(33)49-44/h1-30H. The van der Waals surface area contributed by atoms with E-state index in [-0.39, 0.29) is 0 Å². The van der Waals surface area contributed by atoms with Gasteiger partial charge in [0.1, 0.15) is 0 Å². The summed E-state index contributed by atoms with van der Waals surface area (Å²) in [4.78, 5) is 10.2. The van der Waals surface area contributed by atoms with Crippen molar-refractivity contribution < 1.29 is 0 Å². The van der Waals surface area contributed by atoms with Crippen LogP contribution >= 0.6 is 0 Å². The van der Waals surface area contributed by atoms with Crippen LogP contribution in [0.3, 0.4) is 0 Å². The Balaban J connectivity index is 1.34. The number of fused-ring (bicyclic) bond motifs is 7. The molecule has 0 spiro atoms. The molecule has 7 aromatic carbocycles. The first kappa shape index (κ1) is 27.7. The van der Waals surface area contributed by atoms with Crippen molar-refractivity contribution in [3.05, 3.63) is 204 Å². The van der Waals surface area contributed by atoms with Gasteiger partial charge in [-0.25, -0.2) is 4.98 Å². The van der Waals surface area contributed by atoms with Crippen molar-refractivity contribution in [2.24, 2.45) is 0 Å². The second-order valence-corrected chi connectivity index (χ2v) is 12.9. The van der Waals surface area contributed by atoms with Gasteiger partial charge >= 0.3 is 0 Å². The first-order chi connectivity index (χ1) is 24.3. The summed E-state index contributed by atoms with van der Waals surface area (Å²) in [6.45, 7) is 0. The Bertz CT molecular complexity index is 2670. The molecule has 0 unspecified atom stereocenters. The van der Waals surface area contributed by atoms with E-state index in [1.807, 2.05) is 12.3 Å². The van der Waals surface area contributed by atoms with Crippen molar-refractivity contribution in [3.8, 4) is 33.5 Å². The second-order valence-electron chi connectivity index (χ2n) is 12.9. The number of benzene rings is 7. The molecule has 2 aromatic heterocycles. The van der Waals surface area contributed by atoms with E-state index >= 15 is 0 Å². The maximum Gasteiger partial charge on any atom is 0.0972 e. The molecule has 0 amide bonds. The smallest absolute Gasteiger partial charge is 0.0972 e. The van der Waals surface area contributed by atoms with Gasteiger partial charge in [0.2, 0.25) is 0 Å². The van der Waals surface area contributed by atoms with E-state index in [0.717, 1.165) is 38.6 Å². The summed E-state index contributed by atoms with van der Waals surface area (Å²) in [6.07, 6.45) is 1.86. The van der Waals surface area contributed by atoms with Crippen molar-refractivity contribution in [2.75, 3.05) is 0 Å². The highest BCUT2D eigenvalue weighted by Gasteiger charge is 2.46. The predicted octanol–water partition coefficient (Wildman–Crippen LogP) is 11.6. The van der Waals surface area contributed by atoms with Crippen LogP contribution in [0.25, 0.3) is 66.1 Å². The first-order valence-electron chi connectivity index (χ1n) is 16.8. The summed E-state index contributed by atoms with van der Waals surface area (Å²) in [5.41, 5.74) is 13.3. The Kier molecular flexibility index (Phi) is 6.13. The van der Waals surface area contributed by atoms with Crippen molar-refractivity contribution >= 4 is 32.6 Å². The minimum absolute atomic E-state index is 0.491. The van der Waals surface area contributed by atoms with Crippen LogP contribution in [0.4, 0.5) is 0 Å². The minimum Gasteiger partial charge on any atom is -0.254 e. The molecule has 0 aliphatic heterocycles. The maximum atomic E-state index is 5.39. The normalized spacial score (nSPS) is 13.1. The molecular formula is C47H30N2. The molecule has 49 heavy (non-hydrogen) atoms. The quantitative estimate of drug-likeness (QED) is 0.183. The van der Waals surface area contributed by atoms with Crippen LogP contribution in [0.2, 0.25) is 0 Å². The van der Waals surface area contributed by atoms with Gasteiger partial charge in [-0.2, -0.15) is 0 Å². The lowest BCUT2D eigenvalue weighted by Gasteiger charge is -2.34. The third kappa shape index (κ3) is 4.14. The van der Waals surface area contributed by atoms with Gasteiger partial charge in [0, 0.05) is 22.5 Å². The van der Waals surface area contributed by atoms with Crippen LogP contribution in [0.1, 0.15) is 22.3 Å². The van der Waals surface area contributed by atoms with E-state index in [2.05, 4.69) is 170 Å². The third-order valence-corrected chi connectivity index (χ3v) is 10.4. The molecule has 0 N–H and O–H groups in total. The maximum absolute atomic E-state index is 5.39.